The van der Waals surface area contributed by atoms with Crippen molar-refractivity contribution in [1.82, 2.24) is 4.98 Å². The van der Waals surface area contributed by atoms with Gasteiger partial charge in [-0.25, -0.2) is 9.78 Å². The zero-order valence-corrected chi connectivity index (χ0v) is 12.6. The summed E-state index contributed by atoms with van der Waals surface area (Å²) in [5, 5.41) is 4.41. The zero-order valence-electron chi connectivity index (χ0n) is 11.8. The van der Waals surface area contributed by atoms with Gasteiger partial charge in [0, 0.05) is 5.38 Å². The number of carbonyl (C=O) groups excluding carboxylic acids is 2. The van der Waals surface area contributed by atoms with E-state index < -0.39 is 35.8 Å². The number of thiazole rings is 1. The summed E-state index contributed by atoms with van der Waals surface area (Å²) in [6.45, 7) is 1.03. The number of amides is 1. The van der Waals surface area contributed by atoms with E-state index in [1.807, 2.05) is 0 Å². The third-order valence-corrected chi connectivity index (χ3v) is 3.53. The monoisotopic (exact) mass is 344 g/mol. The predicted molar refractivity (Wildman–Crippen MR) is 77.2 cm³/mol. The number of aryl methyl sites for hydroxylation is 1. The van der Waals surface area contributed by atoms with Gasteiger partial charge in [0.1, 0.15) is 0 Å². The van der Waals surface area contributed by atoms with Crippen LogP contribution in [0.5, 0.6) is 0 Å². The Labute approximate surface area is 133 Å². The number of carbonyl (C=O) groups is 2. The molecule has 9 heteroatoms. The van der Waals surface area contributed by atoms with Crippen molar-refractivity contribution in [2.45, 2.75) is 13.1 Å². The number of aromatic nitrogens is 1. The van der Waals surface area contributed by atoms with E-state index in [-0.39, 0.29) is 0 Å². The minimum atomic E-state index is -4.68. The van der Waals surface area contributed by atoms with Crippen LogP contribution in [-0.2, 0) is 15.7 Å². The third kappa shape index (κ3) is 4.52. The molecule has 0 aliphatic carbocycles. The number of nitrogens with one attached hydrogen (secondary N) is 1. The molecule has 0 unspecified atom stereocenters. The lowest BCUT2D eigenvalue weighted by Gasteiger charge is -2.11. The largest absolute Gasteiger partial charge is 0.452 e. The van der Waals surface area contributed by atoms with Gasteiger partial charge in [-0.05, 0) is 19.1 Å². The molecule has 1 aromatic heterocycles. The topological polar surface area (TPSA) is 68.3 Å². The van der Waals surface area contributed by atoms with Gasteiger partial charge in [-0.1, -0.05) is 12.1 Å². The molecule has 23 heavy (non-hydrogen) atoms. The first-order chi connectivity index (χ1) is 10.8. The summed E-state index contributed by atoms with van der Waals surface area (Å²) in [4.78, 5) is 27.3. The standard InChI is InChI=1S/C14H11F3N2O3S/c1-8-7-23-13(18-8)19-11(20)6-22-12(21)9-4-2-3-5-10(9)14(15,16)17/h2-5,7H,6H2,1H3,(H,18,19,20). The number of alkyl halides is 3. The fraction of sp³-hybridized carbons (Fsp3) is 0.214. The number of halogens is 3. The van der Waals surface area contributed by atoms with Crippen molar-refractivity contribution in [3.8, 4) is 0 Å². The van der Waals surface area contributed by atoms with Crippen molar-refractivity contribution in [2.24, 2.45) is 0 Å². The Balaban J connectivity index is 1.99. The van der Waals surface area contributed by atoms with Gasteiger partial charge in [0.15, 0.2) is 11.7 Å². The third-order valence-electron chi connectivity index (χ3n) is 2.65. The molecule has 0 radical (unpaired) electrons. The van der Waals surface area contributed by atoms with Crippen LogP contribution in [0.15, 0.2) is 29.6 Å². The van der Waals surface area contributed by atoms with E-state index in [1.165, 1.54) is 17.4 Å². The second-order valence-electron chi connectivity index (χ2n) is 4.46. The Morgan fingerprint density at radius 3 is 2.61 bits per heavy atom. The molecule has 1 aromatic carbocycles. The van der Waals surface area contributed by atoms with Crippen LogP contribution in [0.25, 0.3) is 0 Å². The molecule has 0 aliphatic heterocycles. The molecule has 0 spiro atoms. The van der Waals surface area contributed by atoms with Crippen LogP contribution in [0.2, 0.25) is 0 Å². The molecule has 122 valence electrons. The highest BCUT2D eigenvalue weighted by Gasteiger charge is 2.35. The van der Waals surface area contributed by atoms with Crippen molar-refractivity contribution in [2.75, 3.05) is 11.9 Å². The van der Waals surface area contributed by atoms with Crippen molar-refractivity contribution in [1.29, 1.82) is 0 Å². The molecule has 1 heterocycles. The van der Waals surface area contributed by atoms with E-state index in [4.69, 9.17) is 0 Å². The first-order valence-electron chi connectivity index (χ1n) is 6.32. The minimum absolute atomic E-state index is 0.319. The predicted octanol–water partition coefficient (Wildman–Crippen LogP) is 3.27. The highest BCUT2D eigenvalue weighted by atomic mass is 32.1. The molecule has 0 atom stereocenters. The molecule has 0 saturated carbocycles. The molecule has 1 N–H and O–H groups in total. The van der Waals surface area contributed by atoms with Gasteiger partial charge < -0.3 is 4.74 Å². The average Bonchev–Trinajstić information content (AvgIpc) is 2.89. The number of hydrogen-bond donors (Lipinski definition) is 1. The Kier molecular flexibility index (Phi) is 4.99. The summed E-state index contributed by atoms with van der Waals surface area (Å²) in [7, 11) is 0. The van der Waals surface area contributed by atoms with Gasteiger partial charge in [-0.3, -0.25) is 10.1 Å². The Bertz CT molecular complexity index is 728. The molecule has 0 saturated heterocycles. The van der Waals surface area contributed by atoms with Crippen molar-refractivity contribution >= 4 is 28.3 Å². The number of anilines is 1. The van der Waals surface area contributed by atoms with Crippen molar-refractivity contribution in [3.63, 3.8) is 0 Å². The summed E-state index contributed by atoms with van der Waals surface area (Å²) in [5.41, 5.74) is -1.04. The van der Waals surface area contributed by atoms with Gasteiger partial charge in [0.2, 0.25) is 0 Å². The van der Waals surface area contributed by atoms with Crippen LogP contribution in [0.1, 0.15) is 21.6 Å². The highest BCUT2D eigenvalue weighted by molar-refractivity contribution is 7.13. The molecule has 2 rings (SSSR count). The molecule has 5 nitrogen and oxygen atoms in total. The van der Waals surface area contributed by atoms with Crippen LogP contribution < -0.4 is 5.32 Å². The average molecular weight is 344 g/mol. The Morgan fingerprint density at radius 1 is 1.30 bits per heavy atom. The smallest absolute Gasteiger partial charge is 0.417 e. The Hall–Kier alpha value is -2.42. The first-order valence-corrected chi connectivity index (χ1v) is 7.20. The normalized spacial score (nSPS) is 11.1. The van der Waals surface area contributed by atoms with E-state index in [0.29, 0.717) is 10.8 Å². The SMILES string of the molecule is Cc1csc(NC(=O)COC(=O)c2ccccc2C(F)(F)F)n1. The molecule has 1 amide bonds. The molecule has 2 aromatic rings. The fourth-order valence-corrected chi connectivity index (χ4v) is 2.39. The maximum absolute atomic E-state index is 12.8. The maximum Gasteiger partial charge on any atom is 0.417 e. The van der Waals surface area contributed by atoms with Crippen molar-refractivity contribution in [3.05, 3.63) is 46.5 Å². The highest BCUT2D eigenvalue weighted by Crippen LogP contribution is 2.32. The molecular formula is C14H11F3N2O3S. The lowest BCUT2D eigenvalue weighted by Crippen LogP contribution is -2.22. The van der Waals surface area contributed by atoms with Gasteiger partial charge in [-0.15, -0.1) is 11.3 Å². The quantitative estimate of drug-likeness (QED) is 0.865. The molecule has 0 fully saturated rings. The maximum atomic E-state index is 12.8. The van der Waals surface area contributed by atoms with Crippen LogP contribution in [0.4, 0.5) is 18.3 Å². The van der Waals surface area contributed by atoms with E-state index in [9.17, 15) is 22.8 Å². The van der Waals surface area contributed by atoms with Crippen molar-refractivity contribution < 1.29 is 27.5 Å². The van der Waals surface area contributed by atoms with Crippen LogP contribution in [0.3, 0.4) is 0 Å². The molecule has 0 bridgehead atoms. The van der Waals surface area contributed by atoms with E-state index in [1.54, 1.807) is 12.3 Å². The molecule has 0 aliphatic rings. The Morgan fingerprint density at radius 2 is 2.00 bits per heavy atom. The second kappa shape index (κ2) is 6.78. The summed E-state index contributed by atoms with van der Waals surface area (Å²) in [6.07, 6.45) is -4.68. The van der Waals surface area contributed by atoms with Gasteiger partial charge >= 0.3 is 12.1 Å². The number of rotatable bonds is 4. The summed E-state index contributed by atoms with van der Waals surface area (Å²) < 4.78 is 43.0. The van der Waals surface area contributed by atoms with Gasteiger partial charge in [0.05, 0.1) is 16.8 Å². The van der Waals surface area contributed by atoms with E-state index in [2.05, 4.69) is 15.0 Å². The van der Waals surface area contributed by atoms with Gasteiger partial charge in [-0.2, -0.15) is 13.2 Å². The van der Waals surface area contributed by atoms with Crippen LogP contribution >= 0.6 is 11.3 Å². The lowest BCUT2D eigenvalue weighted by atomic mass is 10.1. The fourth-order valence-electron chi connectivity index (χ4n) is 1.68. The number of ether oxygens (including phenoxy) is 1. The summed E-state index contributed by atoms with van der Waals surface area (Å²) in [5.74, 6) is -1.90. The number of nitrogens with zero attached hydrogens (tertiary/aromatic N) is 1. The summed E-state index contributed by atoms with van der Waals surface area (Å²) in [6, 6.07) is 4.21. The number of hydrogen-bond acceptors (Lipinski definition) is 5. The van der Waals surface area contributed by atoms with Gasteiger partial charge in [0.25, 0.3) is 5.91 Å². The number of benzene rings is 1. The van der Waals surface area contributed by atoms with Crippen LogP contribution in [0, 0.1) is 6.92 Å². The summed E-state index contributed by atoms with van der Waals surface area (Å²) >= 11 is 1.18. The zero-order chi connectivity index (χ0) is 17.0. The number of esters is 1. The lowest BCUT2D eigenvalue weighted by molar-refractivity contribution is -0.138. The van der Waals surface area contributed by atoms with E-state index in [0.717, 1.165) is 18.2 Å². The molecular weight excluding hydrogens is 333 g/mol. The van der Waals surface area contributed by atoms with Crippen LogP contribution in [-0.4, -0.2) is 23.5 Å². The second-order valence-corrected chi connectivity index (χ2v) is 5.32. The van der Waals surface area contributed by atoms with E-state index >= 15 is 0 Å². The minimum Gasteiger partial charge on any atom is -0.452 e. The first kappa shape index (κ1) is 16.9.